The van der Waals surface area contributed by atoms with Crippen LogP contribution in [0.15, 0.2) is 53.8 Å². The topological polar surface area (TPSA) is 26.3 Å². The van der Waals surface area contributed by atoms with Gasteiger partial charge in [0.1, 0.15) is 5.76 Å². The highest BCUT2D eigenvalue weighted by Crippen LogP contribution is 2.08. The van der Waals surface area contributed by atoms with Crippen LogP contribution in [-0.4, -0.2) is 5.97 Å². The van der Waals surface area contributed by atoms with Crippen molar-refractivity contribution in [2.75, 3.05) is 0 Å². The zero-order chi connectivity index (χ0) is 14.8. The fourth-order valence-corrected chi connectivity index (χ4v) is 1.94. The summed E-state index contributed by atoms with van der Waals surface area (Å²) in [5, 5.41) is 0. The Labute approximate surface area is 122 Å². The van der Waals surface area contributed by atoms with E-state index in [1.165, 1.54) is 5.57 Å². The third-order valence-corrected chi connectivity index (χ3v) is 2.98. The molecular formula is C18H24O2. The first kappa shape index (κ1) is 16.2. The lowest BCUT2D eigenvalue weighted by atomic mass is 10.1. The Bertz CT molecular complexity index is 469. The van der Waals surface area contributed by atoms with E-state index in [9.17, 15) is 4.79 Å². The molecule has 0 radical (unpaired) electrons. The standard InChI is InChI=1S/C18H24O2/c1-4-9-15(2)10-8-11-16(3)20-18(19)14-17-12-6-5-7-13-17/h5-7,10-13H,4,8-9,14H2,1-3H3/b15-10+,16-11+. The number of rotatable bonds is 7. The SMILES string of the molecule is CCC/C(C)=C/C/C=C(\C)OC(=O)Cc1ccccc1. The van der Waals surface area contributed by atoms with E-state index in [2.05, 4.69) is 19.9 Å². The minimum Gasteiger partial charge on any atom is -0.431 e. The molecule has 0 atom stereocenters. The number of carbonyl (C=O) groups excluding carboxylic acids is 1. The van der Waals surface area contributed by atoms with Gasteiger partial charge in [-0.25, -0.2) is 0 Å². The lowest BCUT2D eigenvalue weighted by Gasteiger charge is -2.04. The number of esters is 1. The van der Waals surface area contributed by atoms with Crippen LogP contribution < -0.4 is 0 Å². The molecule has 0 bridgehead atoms. The van der Waals surface area contributed by atoms with Crippen molar-refractivity contribution in [3.05, 3.63) is 59.4 Å². The van der Waals surface area contributed by atoms with E-state index in [1.54, 1.807) is 0 Å². The Morgan fingerprint density at radius 1 is 1.15 bits per heavy atom. The van der Waals surface area contributed by atoms with E-state index in [4.69, 9.17) is 4.74 Å². The van der Waals surface area contributed by atoms with Crippen molar-refractivity contribution < 1.29 is 9.53 Å². The van der Waals surface area contributed by atoms with Crippen molar-refractivity contribution in [2.45, 2.75) is 46.5 Å². The van der Waals surface area contributed by atoms with Gasteiger partial charge < -0.3 is 4.74 Å². The summed E-state index contributed by atoms with van der Waals surface area (Å²) in [5.41, 5.74) is 2.36. The molecule has 0 aromatic heterocycles. The highest BCUT2D eigenvalue weighted by atomic mass is 16.5. The highest BCUT2D eigenvalue weighted by Gasteiger charge is 2.04. The summed E-state index contributed by atoms with van der Waals surface area (Å²) >= 11 is 0. The van der Waals surface area contributed by atoms with Gasteiger partial charge in [0, 0.05) is 0 Å². The van der Waals surface area contributed by atoms with E-state index in [1.807, 2.05) is 43.3 Å². The van der Waals surface area contributed by atoms with Crippen LogP contribution in [0.2, 0.25) is 0 Å². The molecule has 0 aliphatic carbocycles. The number of allylic oxidation sites excluding steroid dienone is 4. The van der Waals surface area contributed by atoms with Crippen molar-refractivity contribution in [2.24, 2.45) is 0 Å². The predicted octanol–water partition coefficient (Wildman–Crippen LogP) is 4.81. The van der Waals surface area contributed by atoms with Crippen LogP contribution in [0.25, 0.3) is 0 Å². The monoisotopic (exact) mass is 272 g/mol. The summed E-state index contributed by atoms with van der Waals surface area (Å²) in [4.78, 5) is 11.7. The second-order valence-electron chi connectivity index (χ2n) is 4.99. The van der Waals surface area contributed by atoms with E-state index in [0.29, 0.717) is 12.2 Å². The second kappa shape index (κ2) is 9.13. The maximum absolute atomic E-state index is 11.7. The van der Waals surface area contributed by atoms with Crippen LogP contribution in [0.3, 0.4) is 0 Å². The molecule has 0 unspecified atom stereocenters. The number of carbonyl (C=O) groups is 1. The molecule has 0 N–H and O–H groups in total. The number of hydrogen-bond donors (Lipinski definition) is 0. The summed E-state index contributed by atoms with van der Waals surface area (Å²) < 4.78 is 5.29. The van der Waals surface area contributed by atoms with Crippen LogP contribution in [0.4, 0.5) is 0 Å². The van der Waals surface area contributed by atoms with E-state index >= 15 is 0 Å². The van der Waals surface area contributed by atoms with Crippen molar-refractivity contribution in [1.29, 1.82) is 0 Å². The Hall–Kier alpha value is -1.83. The largest absolute Gasteiger partial charge is 0.431 e. The minimum atomic E-state index is -0.209. The second-order valence-corrected chi connectivity index (χ2v) is 4.99. The Kier molecular flexibility index (Phi) is 7.41. The van der Waals surface area contributed by atoms with Crippen LogP contribution in [0.5, 0.6) is 0 Å². The van der Waals surface area contributed by atoms with Gasteiger partial charge in [-0.1, -0.05) is 55.3 Å². The van der Waals surface area contributed by atoms with Crippen LogP contribution in [0.1, 0.15) is 45.6 Å². The molecule has 0 spiro atoms. The van der Waals surface area contributed by atoms with Crippen molar-refractivity contribution in [3.63, 3.8) is 0 Å². The summed E-state index contributed by atoms with van der Waals surface area (Å²) in [6.07, 6.45) is 7.55. The molecule has 2 nitrogen and oxygen atoms in total. The molecule has 1 aromatic carbocycles. The Morgan fingerprint density at radius 3 is 2.50 bits per heavy atom. The number of benzene rings is 1. The van der Waals surface area contributed by atoms with E-state index < -0.39 is 0 Å². The van der Waals surface area contributed by atoms with E-state index in [-0.39, 0.29) is 5.97 Å². The van der Waals surface area contributed by atoms with Gasteiger partial charge in [-0.15, -0.1) is 0 Å². The summed E-state index contributed by atoms with van der Waals surface area (Å²) in [5.74, 6) is 0.464. The van der Waals surface area contributed by atoms with Gasteiger partial charge in [-0.2, -0.15) is 0 Å². The predicted molar refractivity (Wildman–Crippen MR) is 83.3 cm³/mol. The first-order valence-corrected chi connectivity index (χ1v) is 7.18. The van der Waals surface area contributed by atoms with Crippen LogP contribution >= 0.6 is 0 Å². The van der Waals surface area contributed by atoms with Gasteiger partial charge in [0.25, 0.3) is 0 Å². The fourth-order valence-electron chi connectivity index (χ4n) is 1.94. The molecule has 0 saturated heterocycles. The van der Waals surface area contributed by atoms with Gasteiger partial charge >= 0.3 is 5.97 Å². The fraction of sp³-hybridized carbons (Fsp3) is 0.389. The van der Waals surface area contributed by atoms with Crippen molar-refractivity contribution in [1.82, 2.24) is 0 Å². The number of hydrogen-bond acceptors (Lipinski definition) is 2. The average molecular weight is 272 g/mol. The maximum atomic E-state index is 11.7. The van der Waals surface area contributed by atoms with E-state index in [0.717, 1.165) is 24.8 Å². The quantitative estimate of drug-likeness (QED) is 0.404. The third-order valence-electron chi connectivity index (χ3n) is 2.98. The summed E-state index contributed by atoms with van der Waals surface area (Å²) in [6.45, 7) is 6.13. The molecule has 0 heterocycles. The molecular weight excluding hydrogens is 248 g/mol. The molecule has 0 aliphatic rings. The minimum absolute atomic E-state index is 0.209. The average Bonchev–Trinajstić information content (AvgIpc) is 2.39. The Morgan fingerprint density at radius 2 is 1.85 bits per heavy atom. The highest BCUT2D eigenvalue weighted by molar-refractivity contribution is 5.73. The molecule has 1 rings (SSSR count). The number of ether oxygens (including phenoxy) is 1. The maximum Gasteiger partial charge on any atom is 0.315 e. The van der Waals surface area contributed by atoms with Crippen molar-refractivity contribution >= 4 is 5.97 Å². The van der Waals surface area contributed by atoms with Gasteiger partial charge in [0.2, 0.25) is 0 Å². The van der Waals surface area contributed by atoms with Gasteiger partial charge in [0.05, 0.1) is 6.42 Å². The van der Waals surface area contributed by atoms with Gasteiger partial charge in [-0.3, -0.25) is 4.79 Å². The first-order chi connectivity index (χ1) is 9.61. The van der Waals surface area contributed by atoms with Gasteiger partial charge in [-0.05, 0) is 38.3 Å². The molecule has 108 valence electrons. The first-order valence-electron chi connectivity index (χ1n) is 7.18. The van der Waals surface area contributed by atoms with Gasteiger partial charge in [0.15, 0.2) is 0 Å². The molecule has 1 aromatic rings. The van der Waals surface area contributed by atoms with Crippen LogP contribution in [0, 0.1) is 0 Å². The Balaban J connectivity index is 2.39. The molecule has 2 heteroatoms. The third kappa shape index (κ3) is 6.93. The normalized spacial score (nSPS) is 12.3. The van der Waals surface area contributed by atoms with Crippen molar-refractivity contribution in [3.8, 4) is 0 Å². The summed E-state index contributed by atoms with van der Waals surface area (Å²) in [7, 11) is 0. The lowest BCUT2D eigenvalue weighted by molar-refractivity contribution is -0.138. The smallest absolute Gasteiger partial charge is 0.315 e. The molecule has 20 heavy (non-hydrogen) atoms. The molecule has 0 fully saturated rings. The molecule has 0 amide bonds. The zero-order valence-corrected chi connectivity index (χ0v) is 12.7. The molecule has 0 aliphatic heterocycles. The lowest BCUT2D eigenvalue weighted by Crippen LogP contribution is -2.06. The zero-order valence-electron chi connectivity index (χ0n) is 12.7. The van der Waals surface area contributed by atoms with Crippen LogP contribution in [-0.2, 0) is 16.0 Å². The summed E-state index contributed by atoms with van der Waals surface area (Å²) in [6, 6.07) is 9.64. The molecule has 0 saturated carbocycles.